The molecule has 0 aliphatic heterocycles. The average molecular weight is 354 g/mol. The van der Waals surface area contributed by atoms with E-state index in [0.717, 1.165) is 22.3 Å². The summed E-state index contributed by atoms with van der Waals surface area (Å²) in [7, 11) is 0. The van der Waals surface area contributed by atoms with Gasteiger partial charge in [0.15, 0.2) is 5.96 Å². The molecule has 0 bridgehead atoms. The fraction of sp³-hybridized carbons (Fsp3) is 0.300. The Kier molecular flexibility index (Phi) is 6.22. The fourth-order valence-electron chi connectivity index (χ4n) is 2.36. The monoisotopic (exact) mass is 354 g/mol. The first kappa shape index (κ1) is 19.3. The van der Waals surface area contributed by atoms with Crippen LogP contribution in [0.5, 0.6) is 0 Å². The van der Waals surface area contributed by atoms with Crippen LogP contribution in [0.2, 0.25) is 0 Å². The summed E-state index contributed by atoms with van der Waals surface area (Å²) in [6.07, 6.45) is -0.426. The number of alkyl carbamates (subject to hydrolysis) is 1. The van der Waals surface area contributed by atoms with Gasteiger partial charge < -0.3 is 21.1 Å². The molecule has 0 saturated heterocycles. The Bertz CT molecular complexity index is 764. The van der Waals surface area contributed by atoms with Gasteiger partial charge in [0.25, 0.3) is 0 Å². The van der Waals surface area contributed by atoms with Crippen molar-refractivity contribution >= 4 is 12.1 Å². The van der Waals surface area contributed by atoms with Crippen molar-refractivity contribution in [2.45, 2.75) is 39.5 Å². The number of carbonyl (C=O) groups is 1. The SMILES string of the molecule is CC(C)(C)OC(=O)NCc1cccc(-c2ccc(CNC(=N)N)cc2)c1. The number of nitrogens with two attached hydrogens (primary N) is 1. The van der Waals surface area contributed by atoms with Gasteiger partial charge in [-0.05, 0) is 49.1 Å². The number of benzene rings is 2. The molecule has 2 aromatic carbocycles. The van der Waals surface area contributed by atoms with Crippen molar-refractivity contribution in [3.05, 3.63) is 59.7 Å². The zero-order valence-electron chi connectivity index (χ0n) is 15.4. The molecule has 0 aliphatic rings. The number of carbonyl (C=O) groups excluding carboxylic acids is 1. The molecular weight excluding hydrogens is 328 g/mol. The highest BCUT2D eigenvalue weighted by Gasteiger charge is 2.15. The molecule has 0 radical (unpaired) electrons. The van der Waals surface area contributed by atoms with E-state index in [1.54, 1.807) is 0 Å². The fourth-order valence-corrected chi connectivity index (χ4v) is 2.36. The van der Waals surface area contributed by atoms with Crippen molar-refractivity contribution in [3.63, 3.8) is 0 Å². The van der Waals surface area contributed by atoms with Crippen LogP contribution in [0.4, 0.5) is 4.79 Å². The average Bonchev–Trinajstić information content (AvgIpc) is 2.57. The minimum atomic E-state index is -0.509. The number of hydrogen-bond donors (Lipinski definition) is 4. The molecule has 138 valence electrons. The molecule has 0 aromatic heterocycles. The third-order valence-corrected chi connectivity index (χ3v) is 3.53. The first-order valence-electron chi connectivity index (χ1n) is 8.46. The topological polar surface area (TPSA) is 100 Å². The Morgan fingerprint density at radius 3 is 2.27 bits per heavy atom. The molecule has 0 heterocycles. The maximum atomic E-state index is 11.8. The van der Waals surface area contributed by atoms with E-state index in [2.05, 4.69) is 10.6 Å². The van der Waals surface area contributed by atoms with Gasteiger partial charge in [-0.1, -0.05) is 42.5 Å². The molecular formula is C20H26N4O2. The molecule has 2 aromatic rings. The minimum Gasteiger partial charge on any atom is -0.444 e. The summed E-state index contributed by atoms with van der Waals surface area (Å²) in [6, 6.07) is 16.0. The lowest BCUT2D eigenvalue weighted by Crippen LogP contribution is -2.32. The minimum absolute atomic E-state index is 0.0423. The van der Waals surface area contributed by atoms with Crippen molar-refractivity contribution in [2.75, 3.05) is 0 Å². The molecule has 0 spiro atoms. The third-order valence-electron chi connectivity index (χ3n) is 3.53. The summed E-state index contributed by atoms with van der Waals surface area (Å²) in [4.78, 5) is 11.8. The molecule has 0 unspecified atom stereocenters. The van der Waals surface area contributed by atoms with E-state index in [1.807, 2.05) is 69.3 Å². The Balaban J connectivity index is 2.00. The van der Waals surface area contributed by atoms with Crippen LogP contribution in [0.3, 0.4) is 0 Å². The van der Waals surface area contributed by atoms with E-state index in [0.29, 0.717) is 13.1 Å². The molecule has 6 nitrogen and oxygen atoms in total. The van der Waals surface area contributed by atoms with Crippen LogP contribution in [0, 0.1) is 5.41 Å². The summed E-state index contributed by atoms with van der Waals surface area (Å²) in [5, 5.41) is 12.7. The normalized spacial score (nSPS) is 10.9. The molecule has 0 atom stereocenters. The Morgan fingerprint density at radius 1 is 1.00 bits per heavy atom. The Morgan fingerprint density at radius 2 is 1.65 bits per heavy atom. The number of rotatable bonds is 5. The van der Waals surface area contributed by atoms with E-state index in [-0.39, 0.29) is 5.96 Å². The van der Waals surface area contributed by atoms with Gasteiger partial charge in [-0.25, -0.2) is 4.79 Å². The van der Waals surface area contributed by atoms with Crippen LogP contribution >= 0.6 is 0 Å². The first-order valence-corrected chi connectivity index (χ1v) is 8.46. The van der Waals surface area contributed by atoms with Crippen molar-refractivity contribution in [3.8, 4) is 11.1 Å². The van der Waals surface area contributed by atoms with Gasteiger partial charge in [0.1, 0.15) is 5.60 Å². The number of nitrogens with one attached hydrogen (secondary N) is 3. The van der Waals surface area contributed by atoms with Crippen molar-refractivity contribution in [2.24, 2.45) is 5.73 Å². The van der Waals surface area contributed by atoms with Crippen LogP contribution in [-0.2, 0) is 17.8 Å². The Hall–Kier alpha value is -3.02. The lowest BCUT2D eigenvalue weighted by atomic mass is 10.0. The van der Waals surface area contributed by atoms with Crippen LogP contribution in [0.15, 0.2) is 48.5 Å². The molecule has 6 heteroatoms. The summed E-state index contributed by atoms with van der Waals surface area (Å²) >= 11 is 0. The molecule has 0 saturated carbocycles. The predicted octanol–water partition coefficient (Wildman–Crippen LogP) is 3.36. The quantitative estimate of drug-likeness (QED) is 0.488. The second kappa shape index (κ2) is 8.38. The number of ether oxygens (including phenoxy) is 1. The van der Waals surface area contributed by atoms with Crippen LogP contribution in [-0.4, -0.2) is 17.7 Å². The maximum Gasteiger partial charge on any atom is 0.407 e. The molecule has 0 aliphatic carbocycles. The van der Waals surface area contributed by atoms with Crippen LogP contribution in [0.25, 0.3) is 11.1 Å². The van der Waals surface area contributed by atoms with E-state index < -0.39 is 11.7 Å². The number of amides is 1. The van der Waals surface area contributed by atoms with Crippen molar-refractivity contribution < 1.29 is 9.53 Å². The summed E-state index contributed by atoms with van der Waals surface area (Å²) in [5.41, 5.74) is 8.98. The lowest BCUT2D eigenvalue weighted by molar-refractivity contribution is 0.0523. The summed E-state index contributed by atoms with van der Waals surface area (Å²) < 4.78 is 5.25. The van der Waals surface area contributed by atoms with Gasteiger partial charge in [-0.2, -0.15) is 0 Å². The molecule has 1 amide bonds. The molecule has 2 rings (SSSR count). The van der Waals surface area contributed by atoms with Crippen LogP contribution < -0.4 is 16.4 Å². The third kappa shape index (κ3) is 6.47. The molecule has 26 heavy (non-hydrogen) atoms. The predicted molar refractivity (Wildman–Crippen MR) is 104 cm³/mol. The summed E-state index contributed by atoms with van der Waals surface area (Å²) in [6.45, 7) is 6.44. The zero-order valence-corrected chi connectivity index (χ0v) is 15.4. The van der Waals surface area contributed by atoms with Gasteiger partial charge in [0.2, 0.25) is 0 Å². The van der Waals surface area contributed by atoms with Gasteiger partial charge >= 0.3 is 6.09 Å². The van der Waals surface area contributed by atoms with Crippen LogP contribution in [0.1, 0.15) is 31.9 Å². The highest BCUT2D eigenvalue weighted by Crippen LogP contribution is 2.21. The summed E-state index contributed by atoms with van der Waals surface area (Å²) in [5.74, 6) is -0.0423. The second-order valence-corrected chi connectivity index (χ2v) is 7.02. The van der Waals surface area contributed by atoms with E-state index in [1.165, 1.54) is 0 Å². The van der Waals surface area contributed by atoms with Gasteiger partial charge in [0.05, 0.1) is 0 Å². The molecule has 5 N–H and O–H groups in total. The maximum absolute atomic E-state index is 11.8. The van der Waals surface area contributed by atoms with E-state index >= 15 is 0 Å². The van der Waals surface area contributed by atoms with Crippen molar-refractivity contribution in [1.82, 2.24) is 10.6 Å². The van der Waals surface area contributed by atoms with Crippen molar-refractivity contribution in [1.29, 1.82) is 5.41 Å². The Labute approximate surface area is 154 Å². The second-order valence-electron chi connectivity index (χ2n) is 7.02. The van der Waals surface area contributed by atoms with Gasteiger partial charge in [0, 0.05) is 13.1 Å². The zero-order chi connectivity index (χ0) is 19.2. The highest BCUT2D eigenvalue weighted by atomic mass is 16.6. The number of guanidine groups is 1. The number of hydrogen-bond acceptors (Lipinski definition) is 3. The van der Waals surface area contributed by atoms with Gasteiger partial charge in [-0.15, -0.1) is 0 Å². The molecule has 0 fully saturated rings. The first-order chi connectivity index (χ1) is 12.2. The largest absolute Gasteiger partial charge is 0.444 e. The lowest BCUT2D eigenvalue weighted by Gasteiger charge is -2.19. The standard InChI is InChI=1S/C20H26N4O2/c1-20(2,3)26-19(25)24-13-15-5-4-6-17(11-15)16-9-7-14(8-10-16)12-23-18(21)22/h4-11H,12-13H2,1-3H3,(H,24,25)(H4,21,22,23). The smallest absolute Gasteiger partial charge is 0.407 e. The van der Waals surface area contributed by atoms with Gasteiger partial charge in [-0.3, -0.25) is 5.41 Å². The van der Waals surface area contributed by atoms with E-state index in [9.17, 15) is 4.79 Å². The van der Waals surface area contributed by atoms with E-state index in [4.69, 9.17) is 15.9 Å². The highest BCUT2D eigenvalue weighted by molar-refractivity contribution is 5.74.